The van der Waals surface area contributed by atoms with Gasteiger partial charge in [0, 0.05) is 12.8 Å². The monoisotopic (exact) mass is 263 g/mol. The van der Waals surface area contributed by atoms with Crippen molar-refractivity contribution >= 4 is 35.5 Å². The molecule has 0 aromatic rings. The average Bonchev–Trinajstić information content (AvgIpc) is 2.26. The minimum absolute atomic E-state index is 0.167. The number of nitrogens with zero attached hydrogens (tertiary/aromatic N) is 1. The van der Waals surface area contributed by atoms with Crippen molar-refractivity contribution in [2.75, 3.05) is 26.4 Å². The van der Waals surface area contributed by atoms with Crippen molar-refractivity contribution in [3.8, 4) is 0 Å². The summed E-state index contributed by atoms with van der Waals surface area (Å²) in [5.74, 6) is -0.167. The maximum absolute atomic E-state index is 11.7. The zero-order valence-corrected chi connectivity index (χ0v) is 11.4. The van der Waals surface area contributed by atoms with Crippen molar-refractivity contribution in [3.63, 3.8) is 0 Å². The van der Waals surface area contributed by atoms with E-state index in [-0.39, 0.29) is 11.1 Å². The SMILES string of the molecule is CC=N/C(Cl)=C(\SC)C(=O)NCCCNC. The van der Waals surface area contributed by atoms with Crippen LogP contribution in [0, 0.1) is 0 Å². The van der Waals surface area contributed by atoms with E-state index in [4.69, 9.17) is 11.6 Å². The quantitative estimate of drug-likeness (QED) is 0.317. The van der Waals surface area contributed by atoms with E-state index in [1.807, 2.05) is 7.05 Å². The lowest BCUT2D eigenvalue weighted by Gasteiger charge is -2.07. The number of halogens is 1. The Kier molecular flexibility index (Phi) is 9.37. The van der Waals surface area contributed by atoms with Gasteiger partial charge in [0.05, 0.1) is 0 Å². The summed E-state index contributed by atoms with van der Waals surface area (Å²) in [6.07, 6.45) is 4.25. The predicted octanol–water partition coefficient (Wildman–Crippen LogP) is 1.57. The molecule has 0 bridgehead atoms. The van der Waals surface area contributed by atoms with Gasteiger partial charge in [-0.15, -0.1) is 11.8 Å². The highest BCUT2D eigenvalue weighted by Gasteiger charge is 2.12. The number of aliphatic imine (C=N–C) groups is 1. The summed E-state index contributed by atoms with van der Waals surface area (Å²) in [4.78, 5) is 16.0. The lowest BCUT2D eigenvalue weighted by molar-refractivity contribution is -0.116. The maximum Gasteiger partial charge on any atom is 0.260 e. The molecular formula is C10H18ClN3OS. The van der Waals surface area contributed by atoms with E-state index >= 15 is 0 Å². The molecule has 0 unspecified atom stereocenters. The van der Waals surface area contributed by atoms with Crippen molar-refractivity contribution < 1.29 is 4.79 Å². The lowest BCUT2D eigenvalue weighted by atomic mass is 10.4. The lowest BCUT2D eigenvalue weighted by Crippen LogP contribution is -2.27. The van der Waals surface area contributed by atoms with Gasteiger partial charge in [-0.2, -0.15) is 0 Å². The summed E-state index contributed by atoms with van der Waals surface area (Å²) in [6, 6.07) is 0. The fraction of sp³-hybridized carbons (Fsp3) is 0.600. The highest BCUT2D eigenvalue weighted by Crippen LogP contribution is 2.20. The number of rotatable bonds is 7. The molecule has 6 heteroatoms. The van der Waals surface area contributed by atoms with Gasteiger partial charge < -0.3 is 10.6 Å². The number of hydrogen-bond donors (Lipinski definition) is 2. The molecule has 0 aliphatic carbocycles. The maximum atomic E-state index is 11.7. The van der Waals surface area contributed by atoms with E-state index in [1.54, 1.807) is 19.4 Å². The van der Waals surface area contributed by atoms with E-state index in [1.165, 1.54) is 11.8 Å². The van der Waals surface area contributed by atoms with Crippen LogP contribution in [0.2, 0.25) is 0 Å². The van der Waals surface area contributed by atoms with Crippen LogP contribution in [-0.2, 0) is 4.79 Å². The molecule has 0 heterocycles. The van der Waals surface area contributed by atoms with Crippen LogP contribution in [0.5, 0.6) is 0 Å². The van der Waals surface area contributed by atoms with Gasteiger partial charge in [0.25, 0.3) is 5.91 Å². The summed E-state index contributed by atoms with van der Waals surface area (Å²) in [7, 11) is 1.88. The number of carbonyl (C=O) groups excluding carboxylic acids is 1. The summed E-state index contributed by atoms with van der Waals surface area (Å²) < 4.78 is 0. The molecule has 0 saturated heterocycles. The standard InChI is InChI=1S/C10H18ClN3OS/c1-4-13-9(11)8(16-3)10(15)14-7-5-6-12-2/h4,12H,5-7H2,1-3H3,(H,14,15)/b9-8-,13-4?. The summed E-state index contributed by atoms with van der Waals surface area (Å²) >= 11 is 7.17. The molecule has 92 valence electrons. The number of hydrogen-bond acceptors (Lipinski definition) is 4. The molecule has 0 aliphatic heterocycles. The second-order valence-corrected chi connectivity index (χ2v) is 4.10. The molecule has 0 spiro atoms. The Labute approximate surface area is 106 Å². The molecule has 0 aromatic carbocycles. The molecule has 1 amide bonds. The van der Waals surface area contributed by atoms with E-state index < -0.39 is 0 Å². The van der Waals surface area contributed by atoms with E-state index in [2.05, 4.69) is 15.6 Å². The first kappa shape index (κ1) is 15.5. The Morgan fingerprint density at radius 1 is 1.50 bits per heavy atom. The number of carbonyl (C=O) groups is 1. The smallest absolute Gasteiger partial charge is 0.260 e. The molecule has 0 saturated carbocycles. The third-order valence-corrected chi connectivity index (χ3v) is 2.91. The predicted molar refractivity (Wildman–Crippen MR) is 72.1 cm³/mol. The highest BCUT2D eigenvalue weighted by atomic mass is 35.5. The second-order valence-electron chi connectivity index (χ2n) is 2.92. The van der Waals surface area contributed by atoms with Gasteiger partial charge in [0.2, 0.25) is 0 Å². The van der Waals surface area contributed by atoms with Crippen LogP contribution >= 0.6 is 23.4 Å². The number of thioether (sulfide) groups is 1. The van der Waals surface area contributed by atoms with Crippen LogP contribution < -0.4 is 10.6 Å². The first-order valence-corrected chi connectivity index (χ1v) is 6.62. The molecule has 0 atom stereocenters. The molecular weight excluding hydrogens is 246 g/mol. The minimum atomic E-state index is -0.167. The first-order valence-electron chi connectivity index (χ1n) is 5.02. The molecule has 0 radical (unpaired) electrons. The number of nitrogens with one attached hydrogen (secondary N) is 2. The molecule has 0 rings (SSSR count). The largest absolute Gasteiger partial charge is 0.351 e. The fourth-order valence-corrected chi connectivity index (χ4v) is 1.88. The Bertz CT molecular complexity index is 279. The third kappa shape index (κ3) is 6.15. The van der Waals surface area contributed by atoms with Crippen LogP contribution in [0.1, 0.15) is 13.3 Å². The molecule has 4 nitrogen and oxygen atoms in total. The van der Waals surface area contributed by atoms with Crippen LogP contribution in [0.4, 0.5) is 0 Å². The first-order chi connectivity index (χ1) is 7.67. The van der Waals surface area contributed by atoms with Crippen LogP contribution in [0.3, 0.4) is 0 Å². The van der Waals surface area contributed by atoms with Crippen molar-refractivity contribution in [1.82, 2.24) is 10.6 Å². The van der Waals surface area contributed by atoms with Crippen LogP contribution in [-0.4, -0.2) is 38.5 Å². The Hall–Kier alpha value is -0.520. The minimum Gasteiger partial charge on any atom is -0.351 e. The molecule has 0 aromatic heterocycles. The summed E-state index contributed by atoms with van der Waals surface area (Å²) in [5, 5.41) is 6.04. The van der Waals surface area contributed by atoms with Gasteiger partial charge in [-0.05, 0) is 33.2 Å². The van der Waals surface area contributed by atoms with Crippen molar-refractivity contribution in [1.29, 1.82) is 0 Å². The number of amides is 1. The topological polar surface area (TPSA) is 53.5 Å². The van der Waals surface area contributed by atoms with Crippen molar-refractivity contribution in [2.24, 2.45) is 4.99 Å². The van der Waals surface area contributed by atoms with Gasteiger partial charge in [0.15, 0.2) is 0 Å². The van der Waals surface area contributed by atoms with Crippen LogP contribution in [0.25, 0.3) is 0 Å². The molecule has 0 fully saturated rings. The summed E-state index contributed by atoms with van der Waals surface area (Å²) in [6.45, 7) is 3.26. The van der Waals surface area contributed by atoms with Gasteiger partial charge in [0.1, 0.15) is 10.1 Å². The normalized spacial score (nSPS) is 12.8. The van der Waals surface area contributed by atoms with Crippen molar-refractivity contribution in [3.05, 3.63) is 10.1 Å². The molecule has 2 N–H and O–H groups in total. The Balaban J connectivity index is 4.27. The second kappa shape index (κ2) is 9.69. The Morgan fingerprint density at radius 3 is 2.69 bits per heavy atom. The van der Waals surface area contributed by atoms with E-state index in [9.17, 15) is 4.79 Å². The van der Waals surface area contributed by atoms with Crippen LogP contribution in [0.15, 0.2) is 15.1 Å². The van der Waals surface area contributed by atoms with Gasteiger partial charge >= 0.3 is 0 Å². The molecule has 0 aliphatic rings. The van der Waals surface area contributed by atoms with E-state index in [0.29, 0.717) is 11.4 Å². The fourth-order valence-electron chi connectivity index (χ4n) is 0.990. The average molecular weight is 264 g/mol. The summed E-state index contributed by atoms with van der Waals surface area (Å²) in [5.41, 5.74) is 0. The molecule has 16 heavy (non-hydrogen) atoms. The Morgan fingerprint density at radius 2 is 2.19 bits per heavy atom. The van der Waals surface area contributed by atoms with E-state index in [0.717, 1.165) is 13.0 Å². The zero-order valence-electron chi connectivity index (χ0n) is 9.84. The zero-order chi connectivity index (χ0) is 12.4. The van der Waals surface area contributed by atoms with Gasteiger partial charge in [-0.3, -0.25) is 4.79 Å². The van der Waals surface area contributed by atoms with Gasteiger partial charge in [-0.1, -0.05) is 11.6 Å². The van der Waals surface area contributed by atoms with Crippen molar-refractivity contribution in [2.45, 2.75) is 13.3 Å². The third-order valence-electron chi connectivity index (χ3n) is 1.73. The van der Waals surface area contributed by atoms with Gasteiger partial charge in [-0.25, -0.2) is 4.99 Å². The highest BCUT2D eigenvalue weighted by molar-refractivity contribution is 8.03.